The molecule has 0 radical (unpaired) electrons. The van der Waals surface area contributed by atoms with Gasteiger partial charge in [0.15, 0.2) is 0 Å². The maximum Gasteiger partial charge on any atom is 0.238 e. The number of likely N-dealkylation sites (N-methyl/N-ethyl adjacent to an activating group) is 1. The molecule has 1 heterocycles. The summed E-state index contributed by atoms with van der Waals surface area (Å²) in [6.45, 7) is 2.42. The van der Waals surface area contributed by atoms with E-state index in [0.717, 1.165) is 29.7 Å². The first kappa shape index (κ1) is 14.5. The lowest BCUT2D eigenvalue weighted by Crippen LogP contribution is -2.46. The Hall–Kier alpha value is -0.910. The number of piperidine rings is 1. The molecule has 0 spiro atoms. The van der Waals surface area contributed by atoms with Crippen LogP contribution in [0.4, 0.5) is 5.69 Å². The Morgan fingerprint density at radius 3 is 2.84 bits per heavy atom. The van der Waals surface area contributed by atoms with Gasteiger partial charge in [-0.3, -0.25) is 9.69 Å². The monoisotopic (exact) mass is 325 g/mol. The van der Waals surface area contributed by atoms with Crippen molar-refractivity contribution in [2.24, 2.45) is 0 Å². The molecule has 0 aliphatic carbocycles. The smallest absolute Gasteiger partial charge is 0.238 e. The van der Waals surface area contributed by atoms with Crippen molar-refractivity contribution in [3.63, 3.8) is 0 Å². The highest BCUT2D eigenvalue weighted by molar-refractivity contribution is 9.10. The van der Waals surface area contributed by atoms with Crippen LogP contribution in [-0.2, 0) is 4.79 Å². The molecule has 4 nitrogen and oxygen atoms in total. The number of likely N-dealkylation sites (tertiary alicyclic amines) is 1. The average Bonchev–Trinajstić information content (AvgIpc) is 2.41. The van der Waals surface area contributed by atoms with Crippen LogP contribution in [0.1, 0.15) is 12.8 Å². The number of nitrogens with zero attached hydrogens (tertiary/aromatic N) is 1. The Kier molecular flexibility index (Phi) is 5.36. The first-order valence-corrected chi connectivity index (χ1v) is 7.41. The highest BCUT2D eigenvalue weighted by Gasteiger charge is 2.20. The van der Waals surface area contributed by atoms with Crippen LogP contribution >= 0.6 is 15.9 Å². The summed E-state index contributed by atoms with van der Waals surface area (Å²) in [5, 5.41) is 6.21. The van der Waals surface area contributed by atoms with Crippen molar-refractivity contribution in [2.45, 2.75) is 18.9 Å². The third-order valence-corrected chi connectivity index (χ3v) is 3.94. The minimum absolute atomic E-state index is 0.0547. The fourth-order valence-corrected chi connectivity index (χ4v) is 2.64. The number of rotatable bonds is 4. The summed E-state index contributed by atoms with van der Waals surface area (Å²) in [7, 11) is 1.98. The number of hydrogen-bond donors (Lipinski definition) is 2. The number of carbonyl (C=O) groups is 1. The summed E-state index contributed by atoms with van der Waals surface area (Å²) < 4.78 is 1.01. The summed E-state index contributed by atoms with van der Waals surface area (Å²) in [4.78, 5) is 14.2. The molecule has 1 aromatic rings. The predicted octanol–water partition coefficient (Wildman–Crippen LogP) is 2.07. The van der Waals surface area contributed by atoms with Crippen molar-refractivity contribution in [1.29, 1.82) is 0 Å². The fraction of sp³-hybridized carbons (Fsp3) is 0.500. The van der Waals surface area contributed by atoms with Crippen molar-refractivity contribution >= 4 is 27.5 Å². The second kappa shape index (κ2) is 7.03. The van der Waals surface area contributed by atoms with E-state index < -0.39 is 0 Å². The number of amides is 1. The quantitative estimate of drug-likeness (QED) is 0.890. The van der Waals surface area contributed by atoms with Crippen molar-refractivity contribution in [2.75, 3.05) is 32.0 Å². The van der Waals surface area contributed by atoms with Gasteiger partial charge >= 0.3 is 0 Å². The van der Waals surface area contributed by atoms with E-state index in [0.29, 0.717) is 12.6 Å². The topological polar surface area (TPSA) is 44.4 Å². The van der Waals surface area contributed by atoms with E-state index in [9.17, 15) is 4.79 Å². The normalized spacial score (nSPS) is 20.2. The van der Waals surface area contributed by atoms with E-state index in [1.165, 1.54) is 6.42 Å². The van der Waals surface area contributed by atoms with E-state index in [1.54, 1.807) is 0 Å². The Labute approximate surface area is 122 Å². The first-order chi connectivity index (χ1) is 9.17. The zero-order valence-corrected chi connectivity index (χ0v) is 12.7. The van der Waals surface area contributed by atoms with E-state index in [2.05, 4.69) is 31.5 Å². The standard InChI is InChI=1S/C14H20BrN3O/c1-16-13-3-2-8-18(9-13)10-14(19)17-12-6-4-11(15)5-7-12/h4-7,13,16H,2-3,8-10H2,1H3,(H,17,19). The van der Waals surface area contributed by atoms with Crippen molar-refractivity contribution in [3.8, 4) is 0 Å². The van der Waals surface area contributed by atoms with Crippen LogP contribution in [-0.4, -0.2) is 43.5 Å². The molecular weight excluding hydrogens is 306 g/mol. The molecule has 1 aliphatic rings. The molecule has 2 rings (SSSR count). The summed E-state index contributed by atoms with van der Waals surface area (Å²) in [5.74, 6) is 0.0547. The van der Waals surface area contributed by atoms with Crippen LogP contribution < -0.4 is 10.6 Å². The second-order valence-electron chi connectivity index (χ2n) is 4.92. The number of benzene rings is 1. The van der Waals surface area contributed by atoms with Crippen LogP contribution in [0.3, 0.4) is 0 Å². The highest BCUT2D eigenvalue weighted by atomic mass is 79.9. The first-order valence-electron chi connectivity index (χ1n) is 6.62. The molecule has 5 heteroatoms. The summed E-state index contributed by atoms with van der Waals surface area (Å²) >= 11 is 3.38. The molecule has 1 aromatic carbocycles. The van der Waals surface area contributed by atoms with Gasteiger partial charge in [-0.15, -0.1) is 0 Å². The maximum absolute atomic E-state index is 12.0. The van der Waals surface area contributed by atoms with Crippen molar-refractivity contribution < 1.29 is 4.79 Å². The van der Waals surface area contributed by atoms with Gasteiger partial charge in [0.1, 0.15) is 0 Å². The molecule has 19 heavy (non-hydrogen) atoms. The largest absolute Gasteiger partial charge is 0.325 e. The lowest BCUT2D eigenvalue weighted by molar-refractivity contribution is -0.117. The Balaban J connectivity index is 1.82. The maximum atomic E-state index is 12.0. The van der Waals surface area contributed by atoms with Gasteiger partial charge in [-0.05, 0) is 50.7 Å². The number of nitrogens with one attached hydrogen (secondary N) is 2. The van der Waals surface area contributed by atoms with Crippen LogP contribution in [0.25, 0.3) is 0 Å². The molecular formula is C14H20BrN3O. The second-order valence-corrected chi connectivity index (χ2v) is 5.83. The van der Waals surface area contributed by atoms with E-state index in [4.69, 9.17) is 0 Å². The predicted molar refractivity (Wildman–Crippen MR) is 81.3 cm³/mol. The molecule has 104 valence electrons. The third kappa shape index (κ3) is 4.60. The number of halogens is 1. The Morgan fingerprint density at radius 1 is 1.42 bits per heavy atom. The molecule has 1 saturated heterocycles. The van der Waals surface area contributed by atoms with Gasteiger partial charge < -0.3 is 10.6 Å². The van der Waals surface area contributed by atoms with Gasteiger partial charge in [0.2, 0.25) is 5.91 Å². The molecule has 0 bridgehead atoms. The van der Waals surface area contributed by atoms with Gasteiger partial charge in [0.05, 0.1) is 6.54 Å². The van der Waals surface area contributed by atoms with E-state index >= 15 is 0 Å². The van der Waals surface area contributed by atoms with Gasteiger partial charge in [-0.1, -0.05) is 15.9 Å². The molecule has 2 N–H and O–H groups in total. The van der Waals surface area contributed by atoms with Gasteiger partial charge in [-0.2, -0.15) is 0 Å². The molecule has 1 unspecified atom stereocenters. The summed E-state index contributed by atoms with van der Waals surface area (Å²) in [5.41, 5.74) is 0.843. The van der Waals surface area contributed by atoms with Crippen LogP contribution in [0.15, 0.2) is 28.7 Å². The minimum Gasteiger partial charge on any atom is -0.325 e. The molecule has 0 saturated carbocycles. The SMILES string of the molecule is CNC1CCCN(CC(=O)Nc2ccc(Br)cc2)C1. The van der Waals surface area contributed by atoms with E-state index in [-0.39, 0.29) is 5.91 Å². The summed E-state index contributed by atoms with van der Waals surface area (Å²) in [6.07, 6.45) is 2.35. The minimum atomic E-state index is 0.0547. The molecule has 1 fully saturated rings. The van der Waals surface area contributed by atoms with Gasteiger partial charge in [0.25, 0.3) is 0 Å². The zero-order chi connectivity index (χ0) is 13.7. The highest BCUT2D eigenvalue weighted by Crippen LogP contribution is 2.14. The summed E-state index contributed by atoms with van der Waals surface area (Å²) in [6, 6.07) is 8.15. The molecule has 1 amide bonds. The molecule has 1 aliphatic heterocycles. The number of anilines is 1. The van der Waals surface area contributed by atoms with Gasteiger partial charge in [0, 0.05) is 22.7 Å². The Bertz CT molecular complexity index is 421. The third-order valence-electron chi connectivity index (χ3n) is 3.41. The van der Waals surface area contributed by atoms with Crippen LogP contribution in [0.2, 0.25) is 0 Å². The molecule has 1 atom stereocenters. The van der Waals surface area contributed by atoms with Crippen molar-refractivity contribution in [3.05, 3.63) is 28.7 Å². The van der Waals surface area contributed by atoms with Crippen LogP contribution in [0.5, 0.6) is 0 Å². The van der Waals surface area contributed by atoms with Gasteiger partial charge in [-0.25, -0.2) is 0 Å². The van der Waals surface area contributed by atoms with Crippen LogP contribution in [0, 0.1) is 0 Å². The Morgan fingerprint density at radius 2 is 2.16 bits per heavy atom. The fourth-order valence-electron chi connectivity index (χ4n) is 2.37. The lowest BCUT2D eigenvalue weighted by Gasteiger charge is -2.31. The van der Waals surface area contributed by atoms with E-state index in [1.807, 2.05) is 31.3 Å². The average molecular weight is 326 g/mol. The molecule has 0 aromatic heterocycles. The zero-order valence-electron chi connectivity index (χ0n) is 11.2. The number of carbonyl (C=O) groups excluding carboxylic acids is 1. The number of hydrogen-bond acceptors (Lipinski definition) is 3. The lowest BCUT2D eigenvalue weighted by atomic mass is 10.1. The van der Waals surface area contributed by atoms with Crippen molar-refractivity contribution in [1.82, 2.24) is 10.2 Å².